The molecule has 0 spiro atoms. The maximum atomic E-state index is 13.1. The predicted molar refractivity (Wildman–Crippen MR) is 112 cm³/mol. The van der Waals surface area contributed by atoms with Crippen molar-refractivity contribution < 1.29 is 4.79 Å². The predicted octanol–water partition coefficient (Wildman–Crippen LogP) is 1.94. The molecule has 2 aliphatic heterocycles. The topological polar surface area (TPSA) is 88.8 Å². The van der Waals surface area contributed by atoms with Crippen LogP contribution in [0.4, 0.5) is 0 Å². The normalized spacial score (nSPS) is 19.6. The molecule has 2 aromatic heterocycles. The Labute approximate surface area is 174 Å². The van der Waals surface area contributed by atoms with Crippen molar-refractivity contribution in [2.45, 2.75) is 38.1 Å². The number of H-pyrrole nitrogens is 1. The zero-order valence-electron chi connectivity index (χ0n) is 17.1. The molecular formula is C22H26N6O2. The molecule has 8 heteroatoms. The zero-order chi connectivity index (χ0) is 20.7. The number of carbonyl (C=O) groups excluding carboxylic acids is 1. The molecule has 1 saturated heterocycles. The zero-order valence-corrected chi connectivity index (χ0v) is 17.1. The van der Waals surface area contributed by atoms with Crippen LogP contribution in [0.5, 0.6) is 0 Å². The van der Waals surface area contributed by atoms with E-state index in [0.29, 0.717) is 18.9 Å². The van der Waals surface area contributed by atoms with Crippen molar-refractivity contribution in [3.05, 3.63) is 58.5 Å². The van der Waals surface area contributed by atoms with Crippen molar-refractivity contribution in [1.82, 2.24) is 29.4 Å². The fourth-order valence-electron chi connectivity index (χ4n) is 4.84. The molecule has 5 rings (SSSR count). The van der Waals surface area contributed by atoms with Gasteiger partial charge in [0.05, 0.1) is 12.1 Å². The van der Waals surface area contributed by atoms with Gasteiger partial charge in [0.15, 0.2) is 0 Å². The van der Waals surface area contributed by atoms with Crippen LogP contribution in [-0.2, 0) is 24.8 Å². The number of fused-ring (bicyclic) bond motifs is 1. The van der Waals surface area contributed by atoms with Crippen LogP contribution < -0.4 is 5.69 Å². The number of aryl methyl sites for hydroxylation is 2. The number of benzene rings is 1. The van der Waals surface area contributed by atoms with Crippen molar-refractivity contribution in [2.75, 3.05) is 13.1 Å². The second-order valence-electron chi connectivity index (χ2n) is 8.33. The van der Waals surface area contributed by atoms with E-state index in [0.717, 1.165) is 49.4 Å². The average molecular weight is 406 g/mol. The van der Waals surface area contributed by atoms with Gasteiger partial charge in [-0.3, -0.25) is 14.5 Å². The first-order valence-electron chi connectivity index (χ1n) is 10.6. The lowest BCUT2D eigenvalue weighted by molar-refractivity contribution is -0.137. The van der Waals surface area contributed by atoms with Crippen LogP contribution in [0.2, 0.25) is 0 Å². The van der Waals surface area contributed by atoms with Gasteiger partial charge in [-0.15, -0.1) is 0 Å². The molecule has 0 unspecified atom stereocenters. The quantitative estimate of drug-likeness (QED) is 0.720. The van der Waals surface area contributed by atoms with Crippen LogP contribution >= 0.6 is 0 Å². The molecule has 0 bridgehead atoms. The van der Waals surface area contributed by atoms with Gasteiger partial charge in [-0.05, 0) is 24.8 Å². The number of hydrogen-bond donors (Lipinski definition) is 1. The number of aromatic amines is 1. The lowest BCUT2D eigenvalue weighted by Crippen LogP contribution is -2.44. The minimum Gasteiger partial charge on any atom is -0.342 e. The SMILES string of the molecule is Cn1nc2n(c1=O)C[C@H](C(=O)N1CCC(c3[nH]ncc3-c3ccccc3)CC1)CC2. The molecule has 1 N–H and O–H groups in total. The Hall–Kier alpha value is -3.16. The van der Waals surface area contributed by atoms with Gasteiger partial charge in [0.25, 0.3) is 0 Å². The number of nitrogens with zero attached hydrogens (tertiary/aromatic N) is 5. The summed E-state index contributed by atoms with van der Waals surface area (Å²) in [6.07, 6.45) is 5.16. The van der Waals surface area contributed by atoms with Crippen LogP contribution in [0.15, 0.2) is 41.3 Å². The van der Waals surface area contributed by atoms with E-state index in [1.807, 2.05) is 29.3 Å². The Morgan fingerprint density at radius 1 is 1.13 bits per heavy atom. The van der Waals surface area contributed by atoms with Gasteiger partial charge in [-0.2, -0.15) is 10.2 Å². The van der Waals surface area contributed by atoms with Gasteiger partial charge in [0.2, 0.25) is 5.91 Å². The second kappa shape index (κ2) is 7.59. The number of aromatic nitrogens is 5. The first-order valence-corrected chi connectivity index (χ1v) is 10.6. The standard InChI is InChI=1S/C22H26N6O2/c1-26-22(30)28-14-17(7-8-19(28)25-26)21(29)27-11-9-16(10-12-27)20-18(13-23-24-20)15-5-3-2-4-6-15/h2-6,13,16-17H,7-12,14H2,1H3,(H,23,24)/t17-/m1/s1. The van der Waals surface area contributed by atoms with Crippen LogP contribution in [-0.4, -0.2) is 48.4 Å². The summed E-state index contributed by atoms with van der Waals surface area (Å²) in [4.78, 5) is 27.3. The molecule has 30 heavy (non-hydrogen) atoms. The van der Waals surface area contributed by atoms with E-state index < -0.39 is 0 Å². The van der Waals surface area contributed by atoms with Crippen molar-refractivity contribution in [3.8, 4) is 11.1 Å². The molecule has 0 radical (unpaired) electrons. The van der Waals surface area contributed by atoms with Crippen molar-refractivity contribution in [1.29, 1.82) is 0 Å². The van der Waals surface area contributed by atoms with Crippen LogP contribution in [0.3, 0.4) is 0 Å². The highest BCUT2D eigenvalue weighted by atomic mass is 16.2. The van der Waals surface area contributed by atoms with Gasteiger partial charge in [-0.1, -0.05) is 30.3 Å². The largest absolute Gasteiger partial charge is 0.345 e. The molecule has 0 aliphatic carbocycles. The van der Waals surface area contributed by atoms with E-state index in [4.69, 9.17) is 0 Å². The summed E-state index contributed by atoms with van der Waals surface area (Å²) in [7, 11) is 1.66. The van der Waals surface area contributed by atoms with Gasteiger partial charge < -0.3 is 4.90 Å². The van der Waals surface area contributed by atoms with Crippen LogP contribution in [0, 0.1) is 5.92 Å². The summed E-state index contributed by atoms with van der Waals surface area (Å²) in [6.45, 7) is 1.92. The van der Waals surface area contributed by atoms with E-state index >= 15 is 0 Å². The highest BCUT2D eigenvalue weighted by Gasteiger charge is 2.33. The molecule has 1 amide bonds. The number of nitrogens with one attached hydrogen (secondary N) is 1. The molecular weight excluding hydrogens is 380 g/mol. The third kappa shape index (κ3) is 3.26. The third-order valence-electron chi connectivity index (χ3n) is 6.52. The van der Waals surface area contributed by atoms with Gasteiger partial charge in [-0.25, -0.2) is 9.48 Å². The molecule has 0 saturated carbocycles. The van der Waals surface area contributed by atoms with Gasteiger partial charge in [0, 0.05) is 50.3 Å². The lowest BCUT2D eigenvalue weighted by atomic mass is 9.88. The summed E-state index contributed by atoms with van der Waals surface area (Å²) in [5.74, 6) is 1.19. The number of rotatable bonds is 3. The van der Waals surface area contributed by atoms with E-state index in [1.165, 1.54) is 10.2 Å². The van der Waals surface area contributed by atoms with Crippen molar-refractivity contribution in [2.24, 2.45) is 13.0 Å². The van der Waals surface area contributed by atoms with Crippen LogP contribution in [0.1, 0.15) is 36.7 Å². The smallest absolute Gasteiger partial charge is 0.342 e. The molecule has 156 valence electrons. The average Bonchev–Trinajstić information content (AvgIpc) is 3.39. The Morgan fingerprint density at radius 2 is 1.90 bits per heavy atom. The molecule has 8 nitrogen and oxygen atoms in total. The Morgan fingerprint density at radius 3 is 2.67 bits per heavy atom. The minimum atomic E-state index is -0.136. The highest BCUT2D eigenvalue weighted by molar-refractivity contribution is 5.79. The summed E-state index contributed by atoms with van der Waals surface area (Å²) in [6, 6.07) is 10.3. The van der Waals surface area contributed by atoms with E-state index in [9.17, 15) is 9.59 Å². The first kappa shape index (κ1) is 18.8. The van der Waals surface area contributed by atoms with Gasteiger partial charge >= 0.3 is 5.69 Å². The molecule has 2 aliphatic rings. The monoisotopic (exact) mass is 406 g/mol. The Balaban J connectivity index is 1.25. The lowest BCUT2D eigenvalue weighted by Gasteiger charge is -2.35. The summed E-state index contributed by atoms with van der Waals surface area (Å²) < 4.78 is 3.03. The maximum Gasteiger partial charge on any atom is 0.345 e. The molecule has 1 atom stereocenters. The number of piperidine rings is 1. The first-order chi connectivity index (χ1) is 14.6. The third-order valence-corrected chi connectivity index (χ3v) is 6.52. The highest BCUT2D eigenvalue weighted by Crippen LogP contribution is 2.34. The summed E-state index contributed by atoms with van der Waals surface area (Å²) in [5, 5.41) is 11.7. The number of likely N-dealkylation sites (tertiary alicyclic amines) is 1. The minimum absolute atomic E-state index is 0.131. The van der Waals surface area contributed by atoms with Crippen molar-refractivity contribution in [3.63, 3.8) is 0 Å². The molecule has 1 aromatic carbocycles. The van der Waals surface area contributed by atoms with E-state index in [-0.39, 0.29) is 17.5 Å². The Kier molecular flexibility index (Phi) is 4.77. The van der Waals surface area contributed by atoms with Crippen LogP contribution in [0.25, 0.3) is 11.1 Å². The molecule has 3 aromatic rings. The second-order valence-corrected chi connectivity index (χ2v) is 8.33. The Bertz CT molecular complexity index is 1100. The van der Waals surface area contributed by atoms with Gasteiger partial charge in [0.1, 0.15) is 5.82 Å². The fraction of sp³-hybridized carbons (Fsp3) is 0.455. The number of hydrogen-bond acceptors (Lipinski definition) is 4. The summed E-state index contributed by atoms with van der Waals surface area (Å²) in [5.41, 5.74) is 3.35. The van der Waals surface area contributed by atoms with E-state index in [1.54, 1.807) is 11.6 Å². The molecule has 4 heterocycles. The number of amides is 1. The van der Waals surface area contributed by atoms with E-state index in [2.05, 4.69) is 27.4 Å². The van der Waals surface area contributed by atoms with Crippen molar-refractivity contribution >= 4 is 5.91 Å². The summed E-state index contributed by atoms with van der Waals surface area (Å²) >= 11 is 0. The molecule has 1 fully saturated rings. The number of carbonyl (C=O) groups is 1. The maximum absolute atomic E-state index is 13.1. The fourth-order valence-corrected chi connectivity index (χ4v) is 4.84.